The van der Waals surface area contributed by atoms with E-state index in [-0.39, 0.29) is 11.7 Å². The van der Waals surface area contributed by atoms with Gasteiger partial charge in [-0.3, -0.25) is 4.57 Å². The van der Waals surface area contributed by atoms with Crippen molar-refractivity contribution in [2.45, 2.75) is 30.8 Å². The Morgan fingerprint density at radius 1 is 1.12 bits per heavy atom. The van der Waals surface area contributed by atoms with Crippen LogP contribution in [0.4, 0.5) is 13.2 Å². The van der Waals surface area contributed by atoms with Gasteiger partial charge in [0.05, 0.1) is 0 Å². The summed E-state index contributed by atoms with van der Waals surface area (Å²) in [4.78, 5) is 4.81. The number of nitrogens with zero attached hydrogens (tertiary/aromatic N) is 4. The number of imidazole rings is 1. The molecule has 0 radical (unpaired) electrons. The van der Waals surface area contributed by atoms with Crippen molar-refractivity contribution in [2.75, 3.05) is 6.26 Å². The Morgan fingerprint density at radius 2 is 1.80 bits per heavy atom. The number of halogens is 3. The van der Waals surface area contributed by atoms with E-state index in [9.17, 15) is 13.2 Å². The van der Waals surface area contributed by atoms with Crippen molar-refractivity contribution in [3.05, 3.63) is 41.2 Å². The predicted molar refractivity (Wildman–Crippen MR) is 93.3 cm³/mol. The first kappa shape index (κ1) is 17.9. The van der Waals surface area contributed by atoms with Crippen molar-refractivity contribution in [1.29, 1.82) is 0 Å². The van der Waals surface area contributed by atoms with E-state index >= 15 is 0 Å². The third-order valence-electron chi connectivity index (χ3n) is 3.47. The molecule has 9 heteroatoms. The van der Waals surface area contributed by atoms with E-state index < -0.39 is 11.9 Å². The standard InChI is InChI=1S/C16H15F3N4S2/c1-9(2)14-21-22-15(25-14)13-20-12(16(17,18)19)8-23(13)10-4-6-11(24-3)7-5-10/h4-9H,1-3H3. The fourth-order valence-corrected chi connectivity index (χ4v) is 3.41. The average Bonchev–Trinajstić information content (AvgIpc) is 3.21. The minimum atomic E-state index is -4.52. The quantitative estimate of drug-likeness (QED) is 0.576. The highest BCUT2D eigenvalue weighted by Gasteiger charge is 2.35. The van der Waals surface area contributed by atoms with E-state index in [1.807, 2.05) is 32.2 Å². The molecule has 0 aliphatic carbocycles. The van der Waals surface area contributed by atoms with Gasteiger partial charge in [0.25, 0.3) is 0 Å². The Morgan fingerprint density at radius 3 is 2.32 bits per heavy atom. The highest BCUT2D eigenvalue weighted by Crippen LogP contribution is 2.34. The van der Waals surface area contributed by atoms with E-state index in [1.165, 1.54) is 15.9 Å². The minimum absolute atomic E-state index is 0.147. The highest BCUT2D eigenvalue weighted by atomic mass is 32.2. The van der Waals surface area contributed by atoms with Gasteiger partial charge >= 0.3 is 6.18 Å². The molecule has 3 rings (SSSR count). The predicted octanol–water partition coefficient (Wildman–Crippen LogP) is 5.25. The van der Waals surface area contributed by atoms with Crippen molar-refractivity contribution in [2.24, 2.45) is 0 Å². The van der Waals surface area contributed by atoms with Gasteiger partial charge in [0.15, 0.2) is 16.5 Å². The van der Waals surface area contributed by atoms with Crippen molar-refractivity contribution in [3.8, 4) is 16.5 Å². The van der Waals surface area contributed by atoms with Gasteiger partial charge in [-0.05, 0) is 30.5 Å². The van der Waals surface area contributed by atoms with E-state index in [4.69, 9.17) is 0 Å². The van der Waals surface area contributed by atoms with E-state index in [0.29, 0.717) is 10.7 Å². The van der Waals surface area contributed by atoms with Gasteiger partial charge in [0.2, 0.25) is 0 Å². The summed E-state index contributed by atoms with van der Waals surface area (Å²) in [5.41, 5.74) is -0.352. The molecule has 0 atom stereocenters. The molecule has 2 aromatic heterocycles. The van der Waals surface area contributed by atoms with Crippen LogP contribution in [-0.2, 0) is 6.18 Å². The Hall–Kier alpha value is -1.87. The van der Waals surface area contributed by atoms with Crippen LogP contribution in [0.2, 0.25) is 0 Å². The van der Waals surface area contributed by atoms with Gasteiger partial charge in [0.1, 0.15) is 5.01 Å². The number of rotatable bonds is 4. The van der Waals surface area contributed by atoms with E-state index in [2.05, 4.69) is 15.2 Å². The van der Waals surface area contributed by atoms with Gasteiger partial charge < -0.3 is 0 Å². The molecule has 2 heterocycles. The molecular weight excluding hydrogens is 369 g/mol. The third-order valence-corrected chi connectivity index (χ3v) is 5.44. The monoisotopic (exact) mass is 384 g/mol. The number of hydrogen-bond donors (Lipinski definition) is 0. The Labute approximate surface area is 151 Å². The molecule has 25 heavy (non-hydrogen) atoms. The van der Waals surface area contributed by atoms with Crippen molar-refractivity contribution < 1.29 is 13.2 Å². The number of benzene rings is 1. The van der Waals surface area contributed by atoms with Crippen LogP contribution >= 0.6 is 23.1 Å². The van der Waals surface area contributed by atoms with Crippen LogP contribution in [0.1, 0.15) is 30.5 Å². The zero-order valence-corrected chi connectivity index (χ0v) is 15.3. The van der Waals surface area contributed by atoms with Crippen LogP contribution in [0.5, 0.6) is 0 Å². The summed E-state index contributed by atoms with van der Waals surface area (Å²) in [5, 5.41) is 9.22. The molecule has 0 aliphatic rings. The van der Waals surface area contributed by atoms with Crippen LogP contribution < -0.4 is 0 Å². The van der Waals surface area contributed by atoms with E-state index in [0.717, 1.165) is 16.1 Å². The SMILES string of the molecule is CSc1ccc(-n2cc(C(F)(F)F)nc2-c2nnc(C(C)C)s2)cc1. The summed E-state index contributed by atoms with van der Waals surface area (Å²) in [7, 11) is 0. The molecule has 0 N–H and O–H groups in total. The summed E-state index contributed by atoms with van der Waals surface area (Å²) in [6, 6.07) is 7.25. The fraction of sp³-hybridized carbons (Fsp3) is 0.312. The molecule has 0 aliphatic heterocycles. The second kappa shape index (κ2) is 6.80. The molecule has 1 aromatic carbocycles. The largest absolute Gasteiger partial charge is 0.434 e. The lowest BCUT2D eigenvalue weighted by atomic mass is 10.2. The zero-order chi connectivity index (χ0) is 18.2. The van der Waals surface area contributed by atoms with Crippen LogP contribution in [0.25, 0.3) is 16.5 Å². The summed E-state index contributed by atoms with van der Waals surface area (Å²) >= 11 is 2.82. The molecule has 0 unspecified atom stereocenters. The Kier molecular flexibility index (Phi) is 4.88. The van der Waals surface area contributed by atoms with Crippen LogP contribution in [0, 0.1) is 0 Å². The minimum Gasteiger partial charge on any atom is -0.297 e. The van der Waals surface area contributed by atoms with Crippen molar-refractivity contribution in [3.63, 3.8) is 0 Å². The lowest BCUT2D eigenvalue weighted by Crippen LogP contribution is -2.04. The maximum Gasteiger partial charge on any atom is 0.434 e. The molecule has 0 spiro atoms. The van der Waals surface area contributed by atoms with Crippen LogP contribution in [0.3, 0.4) is 0 Å². The topological polar surface area (TPSA) is 43.6 Å². The van der Waals surface area contributed by atoms with Gasteiger partial charge in [-0.2, -0.15) is 13.2 Å². The lowest BCUT2D eigenvalue weighted by Gasteiger charge is -2.06. The van der Waals surface area contributed by atoms with Gasteiger partial charge in [-0.25, -0.2) is 4.98 Å². The van der Waals surface area contributed by atoms with Gasteiger partial charge in [-0.1, -0.05) is 25.2 Å². The first-order valence-corrected chi connectivity index (χ1v) is 9.48. The summed E-state index contributed by atoms with van der Waals surface area (Å²) in [6.45, 7) is 3.91. The number of hydrogen-bond acceptors (Lipinski definition) is 5. The summed E-state index contributed by atoms with van der Waals surface area (Å²) < 4.78 is 40.9. The Bertz CT molecular complexity index is 866. The fourth-order valence-electron chi connectivity index (χ4n) is 2.17. The average molecular weight is 384 g/mol. The third kappa shape index (κ3) is 3.72. The number of thioether (sulfide) groups is 1. The number of alkyl halides is 3. The smallest absolute Gasteiger partial charge is 0.297 e. The molecular formula is C16H15F3N4S2. The second-order valence-electron chi connectivity index (χ2n) is 5.62. The van der Waals surface area contributed by atoms with Crippen molar-refractivity contribution >= 4 is 23.1 Å². The first-order valence-electron chi connectivity index (χ1n) is 7.44. The second-order valence-corrected chi connectivity index (χ2v) is 7.50. The summed E-state index contributed by atoms with van der Waals surface area (Å²) in [5.74, 6) is 0.297. The highest BCUT2D eigenvalue weighted by molar-refractivity contribution is 7.98. The normalized spacial score (nSPS) is 12.1. The zero-order valence-electron chi connectivity index (χ0n) is 13.7. The maximum atomic E-state index is 13.2. The summed E-state index contributed by atoms with van der Waals surface area (Å²) in [6.07, 6.45) is -1.58. The van der Waals surface area contributed by atoms with E-state index in [1.54, 1.807) is 23.9 Å². The maximum absolute atomic E-state index is 13.2. The molecule has 3 aromatic rings. The van der Waals surface area contributed by atoms with Gasteiger partial charge in [-0.15, -0.1) is 22.0 Å². The number of aromatic nitrogens is 4. The molecule has 0 saturated carbocycles. The van der Waals surface area contributed by atoms with Gasteiger partial charge in [0, 0.05) is 22.7 Å². The molecule has 0 fully saturated rings. The molecule has 0 amide bonds. The Balaban J connectivity index is 2.13. The first-order chi connectivity index (χ1) is 11.8. The molecule has 0 bridgehead atoms. The molecule has 0 saturated heterocycles. The molecule has 4 nitrogen and oxygen atoms in total. The van der Waals surface area contributed by atoms with Crippen LogP contribution in [-0.4, -0.2) is 26.0 Å². The van der Waals surface area contributed by atoms with Crippen molar-refractivity contribution in [1.82, 2.24) is 19.7 Å². The van der Waals surface area contributed by atoms with Crippen LogP contribution in [0.15, 0.2) is 35.4 Å². The molecule has 132 valence electrons. The lowest BCUT2D eigenvalue weighted by molar-refractivity contribution is -0.140.